The molecule has 1 saturated heterocycles. The molecule has 0 radical (unpaired) electrons. The molecule has 1 amide bonds. The van der Waals surface area contributed by atoms with Crippen LogP contribution in [0.3, 0.4) is 0 Å². The molecule has 1 aromatic heterocycles. The fourth-order valence-electron chi connectivity index (χ4n) is 2.27. The second-order valence-corrected chi connectivity index (χ2v) is 4.89. The Labute approximate surface area is 127 Å². The quantitative estimate of drug-likeness (QED) is 0.908. The van der Waals surface area contributed by atoms with E-state index in [0.29, 0.717) is 6.54 Å². The van der Waals surface area contributed by atoms with Gasteiger partial charge in [-0.05, 0) is 32.0 Å². The number of hydrogen-bond acceptors (Lipinski definition) is 3. The second kappa shape index (κ2) is 6.62. The minimum absolute atomic E-state index is 0. The lowest BCUT2D eigenvalue weighted by Gasteiger charge is -2.24. The van der Waals surface area contributed by atoms with Crippen molar-refractivity contribution in [1.82, 2.24) is 15.2 Å². The van der Waals surface area contributed by atoms with Crippen LogP contribution in [-0.4, -0.2) is 42.0 Å². The summed E-state index contributed by atoms with van der Waals surface area (Å²) in [4.78, 5) is 17.3. The zero-order chi connectivity index (χ0) is 14.9. The predicted octanol–water partition coefficient (Wildman–Crippen LogP) is 2.26. The molecule has 0 aliphatic carbocycles. The third kappa shape index (κ3) is 3.85. The van der Waals surface area contributed by atoms with E-state index < -0.39 is 11.9 Å². The van der Waals surface area contributed by atoms with Crippen molar-refractivity contribution in [2.75, 3.05) is 20.1 Å². The molecule has 21 heavy (non-hydrogen) atoms. The molecule has 1 unspecified atom stereocenters. The Hall–Kier alpha value is -1.34. The molecule has 1 aliphatic heterocycles. The average molecular weight is 324 g/mol. The summed E-state index contributed by atoms with van der Waals surface area (Å²) in [6, 6.07) is 2.12. The number of likely N-dealkylation sites (N-methyl/N-ethyl adjacent to an activating group) is 1. The summed E-state index contributed by atoms with van der Waals surface area (Å²) in [7, 11) is 1.66. The topological polar surface area (TPSA) is 45.2 Å². The first-order valence-corrected chi connectivity index (χ1v) is 6.33. The van der Waals surface area contributed by atoms with Gasteiger partial charge in [0.15, 0.2) is 0 Å². The summed E-state index contributed by atoms with van der Waals surface area (Å²) in [5, 5.41) is 3.14. The number of nitrogens with zero attached hydrogens (tertiary/aromatic N) is 2. The number of aryl methyl sites for hydroxylation is 1. The molecule has 1 fully saturated rings. The molecule has 0 saturated carbocycles. The van der Waals surface area contributed by atoms with Crippen molar-refractivity contribution in [3.8, 4) is 0 Å². The zero-order valence-electron chi connectivity index (χ0n) is 11.7. The minimum Gasteiger partial charge on any atom is -0.337 e. The van der Waals surface area contributed by atoms with Gasteiger partial charge in [0.1, 0.15) is 5.69 Å². The molecule has 2 rings (SSSR count). The molecule has 1 N–H and O–H groups in total. The Morgan fingerprint density at radius 3 is 2.57 bits per heavy atom. The average Bonchev–Trinajstić information content (AvgIpc) is 2.89. The van der Waals surface area contributed by atoms with Gasteiger partial charge in [0.05, 0.1) is 11.3 Å². The SMILES string of the molecule is Cc1nc(C(F)(F)F)ccc1C(=O)N(C)C1CCNC1.Cl. The molecule has 1 aliphatic rings. The number of carbonyl (C=O) groups excluding carboxylic acids is 1. The van der Waals surface area contributed by atoms with Gasteiger partial charge in [-0.1, -0.05) is 0 Å². The van der Waals surface area contributed by atoms with E-state index >= 15 is 0 Å². The molecule has 0 aromatic carbocycles. The molecule has 1 atom stereocenters. The summed E-state index contributed by atoms with van der Waals surface area (Å²) < 4.78 is 37.6. The van der Waals surface area contributed by atoms with E-state index in [1.807, 2.05) is 0 Å². The van der Waals surface area contributed by atoms with E-state index in [1.54, 1.807) is 11.9 Å². The standard InChI is InChI=1S/C13H16F3N3O.ClH/c1-8-10(3-4-11(18-8)13(14,15)16)12(20)19(2)9-5-6-17-7-9;/h3-4,9,17H,5-7H2,1-2H3;1H. The number of rotatable bonds is 2. The van der Waals surface area contributed by atoms with Crippen LogP contribution in [0.15, 0.2) is 12.1 Å². The van der Waals surface area contributed by atoms with E-state index in [0.717, 1.165) is 19.0 Å². The van der Waals surface area contributed by atoms with Crippen LogP contribution >= 0.6 is 12.4 Å². The molecule has 2 heterocycles. The van der Waals surface area contributed by atoms with Crippen molar-refractivity contribution in [1.29, 1.82) is 0 Å². The number of alkyl halides is 3. The van der Waals surface area contributed by atoms with Gasteiger partial charge in [0, 0.05) is 19.6 Å². The Morgan fingerprint density at radius 1 is 1.43 bits per heavy atom. The maximum absolute atomic E-state index is 12.5. The Kier molecular flexibility index (Phi) is 5.58. The van der Waals surface area contributed by atoms with Crippen molar-refractivity contribution >= 4 is 18.3 Å². The zero-order valence-corrected chi connectivity index (χ0v) is 12.5. The number of halogens is 4. The van der Waals surface area contributed by atoms with Crippen LogP contribution in [0.2, 0.25) is 0 Å². The fourth-order valence-corrected chi connectivity index (χ4v) is 2.27. The van der Waals surface area contributed by atoms with Crippen molar-refractivity contribution < 1.29 is 18.0 Å². The van der Waals surface area contributed by atoms with Gasteiger partial charge in [-0.25, -0.2) is 4.98 Å². The van der Waals surface area contributed by atoms with Crippen LogP contribution in [0.1, 0.15) is 28.2 Å². The van der Waals surface area contributed by atoms with Crippen LogP contribution in [0.4, 0.5) is 13.2 Å². The van der Waals surface area contributed by atoms with E-state index in [4.69, 9.17) is 0 Å². The maximum Gasteiger partial charge on any atom is 0.433 e. The third-order valence-electron chi connectivity index (χ3n) is 3.51. The van der Waals surface area contributed by atoms with Crippen molar-refractivity contribution in [3.63, 3.8) is 0 Å². The minimum atomic E-state index is -4.49. The molecule has 4 nitrogen and oxygen atoms in total. The predicted molar refractivity (Wildman–Crippen MR) is 74.6 cm³/mol. The van der Waals surface area contributed by atoms with Gasteiger partial charge in [-0.3, -0.25) is 4.79 Å². The largest absolute Gasteiger partial charge is 0.433 e. The normalized spacial score (nSPS) is 18.2. The molecule has 118 valence electrons. The Balaban J connectivity index is 0.00000220. The Morgan fingerprint density at radius 2 is 2.10 bits per heavy atom. The highest BCUT2D eigenvalue weighted by Crippen LogP contribution is 2.28. The summed E-state index contributed by atoms with van der Waals surface area (Å²) in [6.45, 7) is 2.96. The lowest BCUT2D eigenvalue weighted by atomic mass is 10.1. The highest BCUT2D eigenvalue weighted by Gasteiger charge is 2.33. The number of amides is 1. The van der Waals surface area contributed by atoms with Crippen LogP contribution < -0.4 is 5.32 Å². The monoisotopic (exact) mass is 323 g/mol. The van der Waals surface area contributed by atoms with E-state index in [9.17, 15) is 18.0 Å². The number of hydrogen-bond donors (Lipinski definition) is 1. The van der Waals surface area contributed by atoms with Gasteiger partial charge < -0.3 is 10.2 Å². The van der Waals surface area contributed by atoms with E-state index in [2.05, 4.69) is 10.3 Å². The van der Waals surface area contributed by atoms with Gasteiger partial charge in [0.25, 0.3) is 5.91 Å². The Bertz CT molecular complexity index is 516. The molecule has 1 aromatic rings. The molecular weight excluding hydrogens is 307 g/mol. The van der Waals surface area contributed by atoms with E-state index in [-0.39, 0.29) is 35.6 Å². The molecule has 8 heteroatoms. The maximum atomic E-state index is 12.5. The highest BCUT2D eigenvalue weighted by molar-refractivity contribution is 5.95. The first kappa shape index (κ1) is 17.7. The van der Waals surface area contributed by atoms with Gasteiger partial charge in [0.2, 0.25) is 0 Å². The van der Waals surface area contributed by atoms with E-state index in [1.165, 1.54) is 13.0 Å². The van der Waals surface area contributed by atoms with Gasteiger partial charge in [-0.2, -0.15) is 13.2 Å². The smallest absolute Gasteiger partial charge is 0.337 e. The first-order valence-electron chi connectivity index (χ1n) is 6.33. The van der Waals surface area contributed by atoms with Crippen molar-refractivity contribution in [3.05, 3.63) is 29.1 Å². The van der Waals surface area contributed by atoms with Crippen LogP contribution in [0, 0.1) is 6.92 Å². The van der Waals surface area contributed by atoms with Crippen LogP contribution in [-0.2, 0) is 6.18 Å². The highest BCUT2D eigenvalue weighted by atomic mass is 35.5. The number of carbonyl (C=O) groups is 1. The lowest BCUT2D eigenvalue weighted by molar-refractivity contribution is -0.141. The van der Waals surface area contributed by atoms with Crippen molar-refractivity contribution in [2.24, 2.45) is 0 Å². The summed E-state index contributed by atoms with van der Waals surface area (Å²) in [5.41, 5.74) is -0.660. The second-order valence-electron chi connectivity index (χ2n) is 4.89. The summed E-state index contributed by atoms with van der Waals surface area (Å²) in [5.74, 6) is -0.294. The van der Waals surface area contributed by atoms with Crippen LogP contribution in [0.25, 0.3) is 0 Å². The number of nitrogens with one attached hydrogen (secondary N) is 1. The first-order chi connectivity index (χ1) is 9.30. The van der Waals surface area contributed by atoms with Crippen molar-refractivity contribution in [2.45, 2.75) is 25.6 Å². The number of aromatic nitrogens is 1. The lowest BCUT2D eigenvalue weighted by Crippen LogP contribution is -2.38. The molecular formula is C13H17ClF3N3O. The third-order valence-corrected chi connectivity index (χ3v) is 3.51. The summed E-state index contributed by atoms with van der Waals surface area (Å²) in [6.07, 6.45) is -3.65. The molecule has 0 spiro atoms. The number of pyridine rings is 1. The fraction of sp³-hybridized carbons (Fsp3) is 0.538. The summed E-state index contributed by atoms with van der Waals surface area (Å²) >= 11 is 0. The van der Waals surface area contributed by atoms with Gasteiger partial charge >= 0.3 is 6.18 Å². The van der Waals surface area contributed by atoms with Crippen LogP contribution in [0.5, 0.6) is 0 Å². The van der Waals surface area contributed by atoms with Gasteiger partial charge in [-0.15, -0.1) is 12.4 Å². The molecule has 0 bridgehead atoms.